The van der Waals surface area contributed by atoms with Crippen molar-refractivity contribution in [3.05, 3.63) is 0 Å². The fourth-order valence-electron chi connectivity index (χ4n) is 5.21. The smallest absolute Gasteiger partial charge is 0.169 e. The molecule has 0 radical (unpaired) electrons. The highest BCUT2D eigenvalue weighted by Crippen LogP contribution is 2.48. The number of piperidine rings is 1. The van der Waals surface area contributed by atoms with Gasteiger partial charge in [0.15, 0.2) is 5.79 Å². The fraction of sp³-hybridized carbons (Fsp3) is 1.00. The average molecular weight is 293 g/mol. The second-order valence-corrected chi connectivity index (χ2v) is 7.87. The molecule has 2 heterocycles. The van der Waals surface area contributed by atoms with Crippen LogP contribution < -0.4 is 0 Å². The molecule has 0 bridgehead atoms. The van der Waals surface area contributed by atoms with E-state index in [0.717, 1.165) is 31.4 Å². The van der Waals surface area contributed by atoms with Crippen molar-refractivity contribution in [2.45, 2.75) is 76.1 Å². The first kappa shape index (κ1) is 14.5. The summed E-state index contributed by atoms with van der Waals surface area (Å²) in [5, 5.41) is 0. The first-order valence-corrected chi connectivity index (χ1v) is 9.37. The monoisotopic (exact) mass is 293 g/mol. The molecular weight excluding hydrogens is 262 g/mol. The molecule has 1 spiro atoms. The number of likely N-dealkylation sites (tertiary alicyclic amines) is 1. The van der Waals surface area contributed by atoms with Gasteiger partial charge in [-0.15, -0.1) is 0 Å². The maximum Gasteiger partial charge on any atom is 0.169 e. The van der Waals surface area contributed by atoms with Gasteiger partial charge < -0.3 is 14.4 Å². The topological polar surface area (TPSA) is 21.7 Å². The Morgan fingerprint density at radius 1 is 0.905 bits per heavy atom. The van der Waals surface area contributed by atoms with Crippen LogP contribution in [0.25, 0.3) is 0 Å². The molecule has 2 aliphatic carbocycles. The van der Waals surface area contributed by atoms with Crippen LogP contribution in [0.4, 0.5) is 0 Å². The number of ether oxygens (including phenoxy) is 2. The Hall–Kier alpha value is -0.120. The van der Waals surface area contributed by atoms with Gasteiger partial charge in [-0.2, -0.15) is 0 Å². The molecule has 3 heteroatoms. The highest BCUT2D eigenvalue weighted by molar-refractivity contribution is 4.92. The second kappa shape index (κ2) is 6.17. The number of hydrogen-bond donors (Lipinski definition) is 0. The van der Waals surface area contributed by atoms with E-state index in [9.17, 15) is 0 Å². The van der Waals surface area contributed by atoms with Crippen LogP contribution in [0, 0.1) is 11.8 Å². The Labute approximate surface area is 129 Å². The molecule has 0 aromatic rings. The Morgan fingerprint density at radius 3 is 2.57 bits per heavy atom. The summed E-state index contributed by atoms with van der Waals surface area (Å²) in [5.41, 5.74) is 0. The Kier molecular flexibility index (Phi) is 4.25. The molecule has 4 fully saturated rings. The largest absolute Gasteiger partial charge is 0.347 e. The van der Waals surface area contributed by atoms with Crippen molar-refractivity contribution in [3.63, 3.8) is 0 Å². The Morgan fingerprint density at radius 2 is 1.71 bits per heavy atom. The zero-order valence-corrected chi connectivity index (χ0v) is 13.4. The van der Waals surface area contributed by atoms with Gasteiger partial charge in [-0.05, 0) is 50.6 Å². The molecule has 4 atom stereocenters. The van der Waals surface area contributed by atoms with E-state index < -0.39 is 0 Å². The van der Waals surface area contributed by atoms with Crippen molar-refractivity contribution >= 4 is 0 Å². The van der Waals surface area contributed by atoms with Crippen molar-refractivity contribution < 1.29 is 9.47 Å². The van der Waals surface area contributed by atoms with Gasteiger partial charge in [0.05, 0.1) is 12.7 Å². The molecule has 0 aromatic heterocycles. The third kappa shape index (κ3) is 3.16. The highest BCUT2D eigenvalue weighted by atomic mass is 16.7. The van der Waals surface area contributed by atoms with Gasteiger partial charge in [-0.25, -0.2) is 0 Å². The Balaban J connectivity index is 1.32. The number of nitrogens with zero attached hydrogens (tertiary/aromatic N) is 1. The molecule has 4 aliphatic rings. The number of fused-ring (bicyclic) bond motifs is 1. The molecule has 2 saturated heterocycles. The summed E-state index contributed by atoms with van der Waals surface area (Å²) in [6, 6.07) is 0. The van der Waals surface area contributed by atoms with Crippen molar-refractivity contribution in [2.75, 3.05) is 26.2 Å². The third-order valence-electron chi connectivity index (χ3n) is 6.36. The van der Waals surface area contributed by atoms with Gasteiger partial charge in [0, 0.05) is 19.4 Å². The predicted octanol–water partition coefficient (Wildman–Crippen LogP) is 3.57. The van der Waals surface area contributed by atoms with Crippen LogP contribution in [-0.4, -0.2) is 43.0 Å². The Bertz CT molecular complexity index is 355. The van der Waals surface area contributed by atoms with E-state index in [2.05, 4.69) is 4.90 Å². The van der Waals surface area contributed by atoms with E-state index in [1.807, 2.05) is 0 Å². The zero-order chi connectivity index (χ0) is 14.1. The summed E-state index contributed by atoms with van der Waals surface area (Å²) >= 11 is 0. The maximum absolute atomic E-state index is 6.48. The SMILES string of the molecule is C1CCN(C[C@@H]2CO[C@@]3(CC[C@H]4CCCC[C@@H]4C3)O2)CC1. The van der Waals surface area contributed by atoms with Crippen LogP contribution in [0.1, 0.15) is 64.2 Å². The minimum absolute atomic E-state index is 0.195. The van der Waals surface area contributed by atoms with E-state index in [-0.39, 0.29) is 5.79 Å². The molecule has 2 aliphatic heterocycles. The van der Waals surface area contributed by atoms with Crippen LogP contribution in [0.5, 0.6) is 0 Å². The van der Waals surface area contributed by atoms with E-state index in [4.69, 9.17) is 9.47 Å². The van der Waals surface area contributed by atoms with Gasteiger partial charge in [-0.1, -0.05) is 25.7 Å². The zero-order valence-electron chi connectivity index (χ0n) is 13.4. The van der Waals surface area contributed by atoms with Crippen LogP contribution >= 0.6 is 0 Å². The lowest BCUT2D eigenvalue weighted by atomic mass is 9.69. The number of hydrogen-bond acceptors (Lipinski definition) is 3. The van der Waals surface area contributed by atoms with E-state index in [1.165, 1.54) is 70.9 Å². The maximum atomic E-state index is 6.48. The first-order valence-electron chi connectivity index (χ1n) is 9.37. The fourth-order valence-corrected chi connectivity index (χ4v) is 5.21. The van der Waals surface area contributed by atoms with E-state index in [0.29, 0.717) is 6.10 Å². The molecule has 0 N–H and O–H groups in total. The quantitative estimate of drug-likeness (QED) is 0.777. The second-order valence-electron chi connectivity index (χ2n) is 7.87. The first-order chi connectivity index (χ1) is 10.3. The standard InChI is InChI=1S/C18H31NO2/c1-4-10-19(11-5-1)13-17-14-20-18(21-17)9-8-15-6-2-3-7-16(15)12-18/h15-17H,1-14H2/t15-,16-,17-,18+/m1/s1. The van der Waals surface area contributed by atoms with Crippen LogP contribution in [0.15, 0.2) is 0 Å². The van der Waals surface area contributed by atoms with Crippen molar-refractivity contribution in [1.29, 1.82) is 0 Å². The molecule has 21 heavy (non-hydrogen) atoms. The molecule has 0 amide bonds. The molecule has 120 valence electrons. The minimum atomic E-state index is -0.195. The summed E-state index contributed by atoms with van der Waals surface area (Å²) in [6.45, 7) is 4.44. The number of rotatable bonds is 2. The molecule has 3 nitrogen and oxygen atoms in total. The van der Waals surface area contributed by atoms with Crippen LogP contribution in [-0.2, 0) is 9.47 Å². The molecule has 4 rings (SSSR count). The van der Waals surface area contributed by atoms with Crippen molar-refractivity contribution in [1.82, 2.24) is 4.90 Å². The van der Waals surface area contributed by atoms with E-state index >= 15 is 0 Å². The molecule has 0 unspecified atom stereocenters. The summed E-state index contributed by atoms with van der Waals surface area (Å²) in [4.78, 5) is 2.59. The van der Waals surface area contributed by atoms with Crippen LogP contribution in [0.3, 0.4) is 0 Å². The normalized spacial score (nSPS) is 44.9. The summed E-state index contributed by atoms with van der Waals surface area (Å²) in [7, 11) is 0. The predicted molar refractivity (Wildman–Crippen MR) is 83.1 cm³/mol. The van der Waals surface area contributed by atoms with Gasteiger partial charge in [0.2, 0.25) is 0 Å². The van der Waals surface area contributed by atoms with Gasteiger partial charge in [-0.3, -0.25) is 0 Å². The summed E-state index contributed by atoms with van der Waals surface area (Å²) < 4.78 is 12.7. The van der Waals surface area contributed by atoms with E-state index in [1.54, 1.807) is 0 Å². The van der Waals surface area contributed by atoms with Gasteiger partial charge in [0.25, 0.3) is 0 Å². The summed E-state index contributed by atoms with van der Waals surface area (Å²) in [6.07, 6.45) is 13.9. The van der Waals surface area contributed by atoms with Gasteiger partial charge in [0.1, 0.15) is 0 Å². The minimum Gasteiger partial charge on any atom is -0.347 e. The van der Waals surface area contributed by atoms with Gasteiger partial charge >= 0.3 is 0 Å². The van der Waals surface area contributed by atoms with Crippen molar-refractivity contribution in [3.8, 4) is 0 Å². The highest BCUT2D eigenvalue weighted by Gasteiger charge is 2.48. The van der Waals surface area contributed by atoms with Crippen molar-refractivity contribution in [2.24, 2.45) is 11.8 Å². The lowest BCUT2D eigenvalue weighted by Crippen LogP contribution is -2.43. The van der Waals surface area contributed by atoms with Crippen LogP contribution in [0.2, 0.25) is 0 Å². The molecule has 0 aromatic carbocycles. The summed E-state index contributed by atoms with van der Waals surface area (Å²) in [5.74, 6) is 1.65. The molecule has 2 saturated carbocycles. The third-order valence-corrected chi connectivity index (χ3v) is 6.36. The average Bonchev–Trinajstić information content (AvgIpc) is 2.90. The lowest BCUT2D eigenvalue weighted by Gasteiger charge is -2.43. The lowest BCUT2D eigenvalue weighted by molar-refractivity contribution is -0.208. The molecular formula is C18H31NO2.